The Morgan fingerprint density at radius 2 is 1.79 bits per heavy atom. The first-order valence-electron chi connectivity index (χ1n) is 4.55. The smallest absolute Gasteiger partial charge is 0.478 e. The molecule has 19 heavy (non-hydrogen) atoms. The normalized spacial score (nSPS) is 12.4. The Balaban J connectivity index is 3.38. The molecule has 10 heteroatoms. The van der Waals surface area contributed by atoms with E-state index < -0.39 is 41.3 Å². The number of pyridine rings is 1. The SMILES string of the molecule is COc1nc(CCl)c(C(F)(F)F)cc1OC(F)(F)F. The number of nitrogens with zero attached hydrogens (tertiary/aromatic N) is 1. The Kier molecular flexibility index (Phi) is 4.39. The second-order valence-corrected chi connectivity index (χ2v) is 3.44. The average molecular weight is 310 g/mol. The van der Waals surface area contributed by atoms with Crippen molar-refractivity contribution in [2.45, 2.75) is 18.4 Å². The molecule has 0 N–H and O–H groups in total. The monoisotopic (exact) mass is 309 g/mol. The van der Waals surface area contributed by atoms with Crippen molar-refractivity contribution in [1.82, 2.24) is 4.98 Å². The highest BCUT2D eigenvalue weighted by Gasteiger charge is 2.38. The molecule has 1 heterocycles. The van der Waals surface area contributed by atoms with Gasteiger partial charge in [0, 0.05) is 6.07 Å². The van der Waals surface area contributed by atoms with Gasteiger partial charge in [0.2, 0.25) is 0 Å². The molecule has 0 radical (unpaired) electrons. The van der Waals surface area contributed by atoms with Gasteiger partial charge in [-0.3, -0.25) is 0 Å². The summed E-state index contributed by atoms with van der Waals surface area (Å²) in [5.74, 6) is -2.56. The van der Waals surface area contributed by atoms with Crippen molar-refractivity contribution in [3.05, 3.63) is 17.3 Å². The minimum absolute atomic E-state index is 0.150. The van der Waals surface area contributed by atoms with Gasteiger partial charge in [-0.2, -0.15) is 13.2 Å². The third kappa shape index (κ3) is 4.05. The van der Waals surface area contributed by atoms with Crippen LogP contribution in [0.2, 0.25) is 0 Å². The van der Waals surface area contributed by atoms with E-state index in [1.165, 1.54) is 0 Å². The highest BCUT2D eigenvalue weighted by molar-refractivity contribution is 6.17. The molecule has 108 valence electrons. The summed E-state index contributed by atoms with van der Waals surface area (Å²) in [5, 5.41) is 0. The predicted octanol–water partition coefficient (Wildman–Crippen LogP) is 3.75. The van der Waals surface area contributed by atoms with Crippen molar-refractivity contribution < 1.29 is 35.8 Å². The predicted molar refractivity (Wildman–Crippen MR) is 52.0 cm³/mol. The first-order chi connectivity index (χ1) is 8.58. The van der Waals surface area contributed by atoms with E-state index in [9.17, 15) is 26.3 Å². The largest absolute Gasteiger partial charge is 0.573 e. The van der Waals surface area contributed by atoms with E-state index >= 15 is 0 Å². The number of methoxy groups -OCH3 is 1. The third-order valence-electron chi connectivity index (χ3n) is 1.88. The van der Waals surface area contributed by atoms with Crippen LogP contribution in [0.25, 0.3) is 0 Å². The molecule has 3 nitrogen and oxygen atoms in total. The van der Waals surface area contributed by atoms with Crippen molar-refractivity contribution in [1.29, 1.82) is 0 Å². The highest BCUT2D eigenvalue weighted by Crippen LogP contribution is 2.39. The molecule has 0 aliphatic heterocycles. The molecule has 1 aromatic heterocycles. The number of ether oxygens (including phenoxy) is 2. The van der Waals surface area contributed by atoms with Crippen molar-refractivity contribution in [2.75, 3.05) is 7.11 Å². The maximum Gasteiger partial charge on any atom is 0.573 e. The Bertz CT molecular complexity index is 459. The summed E-state index contributed by atoms with van der Waals surface area (Å²) in [4.78, 5) is 3.26. The highest BCUT2D eigenvalue weighted by atomic mass is 35.5. The van der Waals surface area contributed by atoms with Crippen LogP contribution in [0.4, 0.5) is 26.3 Å². The van der Waals surface area contributed by atoms with E-state index in [1.807, 2.05) is 0 Å². The Morgan fingerprint density at radius 3 is 2.16 bits per heavy atom. The number of halogens is 7. The summed E-state index contributed by atoms with van der Waals surface area (Å²) in [5.41, 5.74) is -2.07. The molecule has 0 bridgehead atoms. The molecule has 0 atom stereocenters. The number of hydrogen-bond donors (Lipinski definition) is 0. The summed E-state index contributed by atoms with van der Waals surface area (Å²) in [6.07, 6.45) is -10.1. The van der Waals surface area contributed by atoms with Crippen molar-refractivity contribution in [3.63, 3.8) is 0 Å². The second kappa shape index (κ2) is 5.32. The van der Waals surface area contributed by atoms with Crippen LogP contribution in [-0.2, 0) is 12.1 Å². The van der Waals surface area contributed by atoms with Gasteiger partial charge >= 0.3 is 12.5 Å². The molecular formula is C9H6ClF6NO2. The Hall–Kier alpha value is -1.38. The van der Waals surface area contributed by atoms with Gasteiger partial charge in [0.15, 0.2) is 5.75 Å². The van der Waals surface area contributed by atoms with Crippen LogP contribution in [0.5, 0.6) is 11.6 Å². The summed E-state index contributed by atoms with van der Waals surface area (Å²) < 4.78 is 81.9. The minimum atomic E-state index is -5.17. The number of rotatable bonds is 3. The molecule has 0 spiro atoms. The van der Waals surface area contributed by atoms with Crippen LogP contribution in [-0.4, -0.2) is 18.5 Å². The van der Waals surface area contributed by atoms with E-state index in [1.54, 1.807) is 0 Å². The maximum absolute atomic E-state index is 12.6. The summed E-state index contributed by atoms with van der Waals surface area (Å²) in [6.45, 7) is 0. The van der Waals surface area contributed by atoms with Gasteiger partial charge in [0.25, 0.3) is 5.88 Å². The van der Waals surface area contributed by atoms with E-state index in [0.29, 0.717) is 0 Å². The molecular weight excluding hydrogens is 304 g/mol. The van der Waals surface area contributed by atoms with Crippen LogP contribution in [0.1, 0.15) is 11.3 Å². The lowest BCUT2D eigenvalue weighted by molar-refractivity contribution is -0.275. The van der Waals surface area contributed by atoms with Gasteiger partial charge in [-0.1, -0.05) is 0 Å². The van der Waals surface area contributed by atoms with Gasteiger partial charge in [0.1, 0.15) is 0 Å². The molecule has 0 aromatic carbocycles. The van der Waals surface area contributed by atoms with Crippen molar-refractivity contribution in [3.8, 4) is 11.6 Å². The lowest BCUT2D eigenvalue weighted by atomic mass is 10.2. The quantitative estimate of drug-likeness (QED) is 0.629. The van der Waals surface area contributed by atoms with Gasteiger partial charge in [-0.05, 0) is 0 Å². The molecule has 0 unspecified atom stereocenters. The van der Waals surface area contributed by atoms with Gasteiger partial charge in [-0.25, -0.2) is 4.98 Å². The minimum Gasteiger partial charge on any atom is -0.478 e. The first kappa shape index (κ1) is 15.7. The van der Waals surface area contributed by atoms with Gasteiger partial charge in [-0.15, -0.1) is 24.8 Å². The standard InChI is InChI=1S/C9H6ClF6NO2/c1-18-7-6(19-9(14,15)16)2-4(8(11,12)13)5(3-10)17-7/h2H,3H2,1H3. The first-order valence-corrected chi connectivity index (χ1v) is 5.08. The van der Waals surface area contributed by atoms with E-state index in [0.717, 1.165) is 7.11 Å². The zero-order valence-corrected chi connectivity index (χ0v) is 9.95. The molecule has 0 fully saturated rings. The lowest BCUT2D eigenvalue weighted by Gasteiger charge is -2.16. The molecule has 0 saturated carbocycles. The molecule has 0 aliphatic carbocycles. The fourth-order valence-corrected chi connectivity index (χ4v) is 1.41. The summed E-state index contributed by atoms with van der Waals surface area (Å²) in [7, 11) is 0.941. The zero-order valence-electron chi connectivity index (χ0n) is 9.19. The maximum atomic E-state index is 12.6. The van der Waals surface area contributed by atoms with Crippen LogP contribution in [0.3, 0.4) is 0 Å². The third-order valence-corrected chi connectivity index (χ3v) is 2.14. The van der Waals surface area contributed by atoms with Gasteiger partial charge < -0.3 is 9.47 Å². The van der Waals surface area contributed by atoms with Gasteiger partial charge in [0.05, 0.1) is 24.2 Å². The van der Waals surface area contributed by atoms with E-state index in [2.05, 4.69) is 14.5 Å². The summed E-state index contributed by atoms with van der Waals surface area (Å²) >= 11 is 5.27. The van der Waals surface area contributed by atoms with E-state index in [-0.39, 0.29) is 6.07 Å². The Labute approximate surface area is 108 Å². The van der Waals surface area contributed by atoms with E-state index in [4.69, 9.17) is 11.6 Å². The molecule has 1 aromatic rings. The number of hydrogen-bond acceptors (Lipinski definition) is 3. The van der Waals surface area contributed by atoms with Crippen molar-refractivity contribution in [2.24, 2.45) is 0 Å². The topological polar surface area (TPSA) is 31.4 Å². The van der Waals surface area contributed by atoms with Crippen LogP contribution < -0.4 is 9.47 Å². The Morgan fingerprint density at radius 1 is 1.21 bits per heavy atom. The molecule has 0 saturated heterocycles. The van der Waals surface area contributed by atoms with Crippen molar-refractivity contribution >= 4 is 11.6 Å². The fraction of sp³-hybridized carbons (Fsp3) is 0.444. The van der Waals surface area contributed by atoms with Crippen LogP contribution >= 0.6 is 11.6 Å². The lowest BCUT2D eigenvalue weighted by Crippen LogP contribution is -2.19. The van der Waals surface area contributed by atoms with Crippen LogP contribution in [0.15, 0.2) is 6.07 Å². The number of alkyl halides is 7. The fourth-order valence-electron chi connectivity index (χ4n) is 1.21. The number of aromatic nitrogens is 1. The van der Waals surface area contributed by atoms with Crippen LogP contribution in [0, 0.1) is 0 Å². The second-order valence-electron chi connectivity index (χ2n) is 3.17. The zero-order chi connectivity index (χ0) is 14.8. The molecule has 0 aliphatic rings. The average Bonchev–Trinajstić information content (AvgIpc) is 2.25. The summed E-state index contributed by atoms with van der Waals surface area (Å²) in [6, 6.07) is 0.150. The molecule has 0 amide bonds. The molecule has 1 rings (SSSR count).